The third kappa shape index (κ3) is 2.87. The van der Waals surface area contributed by atoms with Crippen LogP contribution in [0.15, 0.2) is 54.6 Å². The smallest absolute Gasteiger partial charge is 0.166 e. The van der Waals surface area contributed by atoms with E-state index in [4.69, 9.17) is 0 Å². The molecule has 0 aliphatic carbocycles. The van der Waals surface area contributed by atoms with E-state index in [1.807, 2.05) is 30.3 Å². The SMILES string of the molecule is FC(F)(F)c1ccccc1Cc1ccccc1. The first-order valence-corrected chi connectivity index (χ1v) is 5.26. The van der Waals surface area contributed by atoms with E-state index < -0.39 is 11.7 Å². The van der Waals surface area contributed by atoms with Crippen LogP contribution in [0.1, 0.15) is 16.7 Å². The summed E-state index contributed by atoms with van der Waals surface area (Å²) in [6.45, 7) is 0. The maximum Gasteiger partial charge on any atom is 0.416 e. The van der Waals surface area contributed by atoms with Gasteiger partial charge < -0.3 is 0 Å². The van der Waals surface area contributed by atoms with E-state index in [0.717, 1.165) is 11.6 Å². The Morgan fingerprint density at radius 2 is 1.35 bits per heavy atom. The Hall–Kier alpha value is -1.77. The number of hydrogen-bond acceptors (Lipinski definition) is 0. The number of alkyl halides is 3. The molecule has 0 aliphatic heterocycles. The Morgan fingerprint density at radius 3 is 2.00 bits per heavy atom. The van der Waals surface area contributed by atoms with Gasteiger partial charge in [0.05, 0.1) is 5.56 Å². The molecule has 0 N–H and O–H groups in total. The van der Waals surface area contributed by atoms with Gasteiger partial charge in [0.1, 0.15) is 0 Å². The maximum absolute atomic E-state index is 12.8. The second-order valence-electron chi connectivity index (χ2n) is 3.82. The molecule has 2 aromatic rings. The molecule has 0 heterocycles. The second-order valence-corrected chi connectivity index (χ2v) is 3.82. The van der Waals surface area contributed by atoms with Crippen LogP contribution in [-0.4, -0.2) is 0 Å². The van der Waals surface area contributed by atoms with Crippen LogP contribution in [0.25, 0.3) is 0 Å². The van der Waals surface area contributed by atoms with E-state index in [2.05, 4.69) is 0 Å². The van der Waals surface area contributed by atoms with Gasteiger partial charge in [0.2, 0.25) is 0 Å². The molecule has 0 nitrogen and oxygen atoms in total. The van der Waals surface area contributed by atoms with Gasteiger partial charge >= 0.3 is 6.18 Å². The molecular weight excluding hydrogens is 225 g/mol. The van der Waals surface area contributed by atoms with E-state index in [-0.39, 0.29) is 0 Å². The van der Waals surface area contributed by atoms with E-state index >= 15 is 0 Å². The van der Waals surface area contributed by atoms with Crippen molar-refractivity contribution in [3.8, 4) is 0 Å². The first-order chi connectivity index (χ1) is 8.07. The minimum Gasteiger partial charge on any atom is -0.166 e. The predicted octanol–water partition coefficient (Wildman–Crippen LogP) is 4.30. The fraction of sp³-hybridized carbons (Fsp3) is 0.143. The molecule has 0 unspecified atom stereocenters. The van der Waals surface area contributed by atoms with Gasteiger partial charge in [-0.3, -0.25) is 0 Å². The molecule has 0 bridgehead atoms. The monoisotopic (exact) mass is 236 g/mol. The maximum atomic E-state index is 12.8. The van der Waals surface area contributed by atoms with Gasteiger partial charge in [0.25, 0.3) is 0 Å². The van der Waals surface area contributed by atoms with Crippen molar-refractivity contribution in [1.29, 1.82) is 0 Å². The first-order valence-electron chi connectivity index (χ1n) is 5.26. The van der Waals surface area contributed by atoms with Crippen LogP contribution in [0.5, 0.6) is 0 Å². The largest absolute Gasteiger partial charge is 0.416 e. The van der Waals surface area contributed by atoms with Crippen molar-refractivity contribution in [1.82, 2.24) is 0 Å². The molecule has 0 aliphatic rings. The molecule has 0 atom stereocenters. The number of hydrogen-bond donors (Lipinski definition) is 0. The fourth-order valence-electron chi connectivity index (χ4n) is 1.77. The number of rotatable bonds is 2. The predicted molar refractivity (Wildman–Crippen MR) is 60.7 cm³/mol. The van der Waals surface area contributed by atoms with Crippen LogP contribution in [-0.2, 0) is 12.6 Å². The topological polar surface area (TPSA) is 0 Å². The van der Waals surface area contributed by atoms with E-state index in [9.17, 15) is 13.2 Å². The zero-order valence-electron chi connectivity index (χ0n) is 9.04. The summed E-state index contributed by atoms with van der Waals surface area (Å²) in [5, 5.41) is 0. The van der Waals surface area contributed by atoms with Gasteiger partial charge in [-0.2, -0.15) is 13.2 Å². The van der Waals surface area contributed by atoms with Crippen molar-refractivity contribution >= 4 is 0 Å². The standard InChI is InChI=1S/C14H11F3/c15-14(16,17)13-9-5-4-8-12(13)10-11-6-2-1-3-7-11/h1-9H,10H2. The molecule has 0 aromatic heterocycles. The Kier molecular flexibility index (Phi) is 3.18. The average Bonchev–Trinajstić information content (AvgIpc) is 2.30. The molecule has 2 rings (SSSR count). The molecule has 88 valence electrons. The lowest BCUT2D eigenvalue weighted by Crippen LogP contribution is -2.09. The normalized spacial score (nSPS) is 11.5. The van der Waals surface area contributed by atoms with Crippen molar-refractivity contribution in [3.63, 3.8) is 0 Å². The molecule has 0 fully saturated rings. The zero-order chi connectivity index (χ0) is 12.3. The summed E-state index contributed by atoms with van der Waals surface area (Å²) in [6.07, 6.45) is -3.98. The van der Waals surface area contributed by atoms with E-state index in [1.165, 1.54) is 12.1 Å². The highest BCUT2D eigenvalue weighted by Crippen LogP contribution is 2.32. The molecular formula is C14H11F3. The van der Waals surface area contributed by atoms with Crippen LogP contribution in [0.4, 0.5) is 13.2 Å². The van der Waals surface area contributed by atoms with Crippen molar-refractivity contribution in [2.45, 2.75) is 12.6 Å². The third-order valence-corrected chi connectivity index (χ3v) is 2.56. The Labute approximate surface area is 97.7 Å². The van der Waals surface area contributed by atoms with Crippen molar-refractivity contribution in [3.05, 3.63) is 71.3 Å². The number of halogens is 3. The van der Waals surface area contributed by atoms with Gasteiger partial charge in [-0.25, -0.2) is 0 Å². The summed E-state index contributed by atoms with van der Waals surface area (Å²) in [4.78, 5) is 0. The molecule has 0 saturated carbocycles. The minimum absolute atomic E-state index is 0.302. The lowest BCUT2D eigenvalue weighted by Gasteiger charge is -2.12. The summed E-state index contributed by atoms with van der Waals surface area (Å²) in [7, 11) is 0. The van der Waals surface area contributed by atoms with Crippen LogP contribution in [0.2, 0.25) is 0 Å². The Morgan fingerprint density at radius 1 is 0.765 bits per heavy atom. The van der Waals surface area contributed by atoms with Gasteiger partial charge in [-0.15, -0.1) is 0 Å². The second kappa shape index (κ2) is 4.62. The lowest BCUT2D eigenvalue weighted by molar-refractivity contribution is -0.138. The van der Waals surface area contributed by atoms with Crippen molar-refractivity contribution in [2.75, 3.05) is 0 Å². The molecule has 0 amide bonds. The molecule has 3 heteroatoms. The summed E-state index contributed by atoms with van der Waals surface area (Å²) in [5.41, 5.74) is 0.638. The fourth-order valence-corrected chi connectivity index (χ4v) is 1.77. The van der Waals surface area contributed by atoms with Crippen LogP contribution in [0.3, 0.4) is 0 Å². The summed E-state index contributed by atoms with van der Waals surface area (Å²) < 4.78 is 38.3. The van der Waals surface area contributed by atoms with Gasteiger partial charge in [-0.05, 0) is 23.6 Å². The highest BCUT2D eigenvalue weighted by molar-refractivity contribution is 5.34. The summed E-state index contributed by atoms with van der Waals surface area (Å²) in [6, 6.07) is 14.8. The summed E-state index contributed by atoms with van der Waals surface area (Å²) >= 11 is 0. The number of benzene rings is 2. The Balaban J connectivity index is 2.34. The van der Waals surface area contributed by atoms with E-state index in [1.54, 1.807) is 6.07 Å². The molecule has 0 saturated heterocycles. The first kappa shape index (κ1) is 11.7. The van der Waals surface area contributed by atoms with Gasteiger partial charge in [0.15, 0.2) is 0 Å². The molecule has 2 aromatic carbocycles. The van der Waals surface area contributed by atoms with Crippen LogP contribution in [0, 0.1) is 0 Å². The van der Waals surface area contributed by atoms with Crippen LogP contribution >= 0.6 is 0 Å². The van der Waals surface area contributed by atoms with Crippen molar-refractivity contribution in [2.24, 2.45) is 0 Å². The Bertz CT molecular complexity index is 486. The van der Waals surface area contributed by atoms with Crippen molar-refractivity contribution < 1.29 is 13.2 Å². The average molecular weight is 236 g/mol. The van der Waals surface area contributed by atoms with Gasteiger partial charge in [-0.1, -0.05) is 48.5 Å². The summed E-state index contributed by atoms with van der Waals surface area (Å²) in [5.74, 6) is 0. The molecule has 17 heavy (non-hydrogen) atoms. The quantitative estimate of drug-likeness (QED) is 0.729. The molecule has 0 spiro atoms. The van der Waals surface area contributed by atoms with Crippen LogP contribution < -0.4 is 0 Å². The minimum atomic E-state index is -4.29. The highest BCUT2D eigenvalue weighted by atomic mass is 19.4. The van der Waals surface area contributed by atoms with Gasteiger partial charge in [0, 0.05) is 0 Å². The highest BCUT2D eigenvalue weighted by Gasteiger charge is 2.32. The third-order valence-electron chi connectivity index (χ3n) is 2.56. The van der Waals surface area contributed by atoms with E-state index in [0.29, 0.717) is 12.0 Å². The lowest BCUT2D eigenvalue weighted by atomic mass is 9.99. The molecule has 0 radical (unpaired) electrons. The zero-order valence-corrected chi connectivity index (χ0v) is 9.04.